The zero-order chi connectivity index (χ0) is 15.6. The summed E-state index contributed by atoms with van der Waals surface area (Å²) in [5.74, 6) is -1.69. The van der Waals surface area contributed by atoms with Crippen molar-refractivity contribution < 1.29 is 17.2 Å². The zero-order valence-electron chi connectivity index (χ0n) is 11.6. The highest BCUT2D eigenvalue weighted by Gasteiger charge is 2.32. The van der Waals surface area contributed by atoms with Crippen molar-refractivity contribution in [1.29, 1.82) is 0 Å². The zero-order valence-corrected chi connectivity index (χ0v) is 14.0. The van der Waals surface area contributed by atoms with Crippen LogP contribution in [0, 0.1) is 17.6 Å². The molecule has 118 valence electrons. The van der Waals surface area contributed by atoms with E-state index in [9.17, 15) is 17.2 Å². The van der Waals surface area contributed by atoms with E-state index in [1.165, 1.54) is 4.31 Å². The molecule has 1 fully saturated rings. The van der Waals surface area contributed by atoms with Crippen LogP contribution in [-0.2, 0) is 10.0 Å². The van der Waals surface area contributed by atoms with E-state index < -0.39 is 26.6 Å². The highest BCUT2D eigenvalue weighted by Crippen LogP contribution is 2.28. The van der Waals surface area contributed by atoms with E-state index in [-0.39, 0.29) is 10.4 Å². The molecule has 1 N–H and O–H groups in total. The predicted octanol–water partition coefficient (Wildman–Crippen LogP) is 2.35. The molecule has 1 heterocycles. The van der Waals surface area contributed by atoms with Gasteiger partial charge in [-0.15, -0.1) is 0 Å². The molecule has 1 atom stereocenters. The second kappa shape index (κ2) is 6.68. The summed E-state index contributed by atoms with van der Waals surface area (Å²) < 4.78 is 53.4. The number of hydrogen-bond donors (Lipinski definition) is 1. The molecule has 0 saturated carbocycles. The number of rotatable bonds is 4. The van der Waals surface area contributed by atoms with Crippen molar-refractivity contribution in [2.24, 2.45) is 5.92 Å². The fourth-order valence-electron chi connectivity index (χ4n) is 2.54. The Labute approximate surface area is 131 Å². The van der Waals surface area contributed by atoms with Gasteiger partial charge in [0.05, 0.1) is 4.47 Å². The SMILES string of the molecule is CNCC1CCCN(S(=O)(=O)c2cc(Br)c(F)cc2F)C1. The lowest BCUT2D eigenvalue weighted by Crippen LogP contribution is -2.42. The van der Waals surface area contributed by atoms with Gasteiger partial charge in [0.15, 0.2) is 0 Å². The molecule has 1 unspecified atom stereocenters. The topological polar surface area (TPSA) is 49.4 Å². The summed E-state index contributed by atoms with van der Waals surface area (Å²) in [5, 5.41) is 3.02. The van der Waals surface area contributed by atoms with Crippen LogP contribution in [0.5, 0.6) is 0 Å². The van der Waals surface area contributed by atoms with Gasteiger partial charge in [-0.2, -0.15) is 4.31 Å². The Balaban J connectivity index is 2.31. The second-order valence-electron chi connectivity index (χ2n) is 5.13. The lowest BCUT2D eigenvalue weighted by atomic mass is 10.00. The third-order valence-corrected chi connectivity index (χ3v) is 6.06. The van der Waals surface area contributed by atoms with Crippen LogP contribution in [0.25, 0.3) is 0 Å². The van der Waals surface area contributed by atoms with Crippen molar-refractivity contribution in [2.75, 3.05) is 26.7 Å². The van der Waals surface area contributed by atoms with Crippen LogP contribution >= 0.6 is 15.9 Å². The van der Waals surface area contributed by atoms with Crippen LogP contribution in [0.2, 0.25) is 0 Å². The van der Waals surface area contributed by atoms with Gasteiger partial charge in [0.25, 0.3) is 0 Å². The smallest absolute Gasteiger partial charge is 0.246 e. The predicted molar refractivity (Wildman–Crippen MR) is 79.5 cm³/mol. The van der Waals surface area contributed by atoms with Gasteiger partial charge in [0.1, 0.15) is 16.5 Å². The molecule has 1 aliphatic rings. The van der Waals surface area contributed by atoms with E-state index in [0.717, 1.165) is 18.9 Å². The Hall–Kier alpha value is -0.570. The van der Waals surface area contributed by atoms with Crippen LogP contribution < -0.4 is 5.32 Å². The molecule has 4 nitrogen and oxygen atoms in total. The first-order chi connectivity index (χ1) is 9.86. The van der Waals surface area contributed by atoms with Gasteiger partial charge in [-0.3, -0.25) is 0 Å². The maximum Gasteiger partial charge on any atom is 0.246 e. The Morgan fingerprint density at radius 3 is 2.76 bits per heavy atom. The van der Waals surface area contributed by atoms with Gasteiger partial charge in [-0.05, 0) is 54.3 Å². The molecule has 0 radical (unpaired) electrons. The number of nitrogens with zero attached hydrogens (tertiary/aromatic N) is 1. The van der Waals surface area contributed by atoms with Crippen molar-refractivity contribution in [3.8, 4) is 0 Å². The number of piperidine rings is 1. The van der Waals surface area contributed by atoms with Crippen molar-refractivity contribution in [1.82, 2.24) is 9.62 Å². The molecule has 1 aromatic carbocycles. The average molecular weight is 383 g/mol. The van der Waals surface area contributed by atoms with E-state index >= 15 is 0 Å². The van der Waals surface area contributed by atoms with Gasteiger partial charge in [-0.25, -0.2) is 17.2 Å². The summed E-state index contributed by atoms with van der Waals surface area (Å²) in [6.07, 6.45) is 1.66. The molecule has 21 heavy (non-hydrogen) atoms. The summed E-state index contributed by atoms with van der Waals surface area (Å²) in [4.78, 5) is -0.485. The summed E-state index contributed by atoms with van der Waals surface area (Å²) >= 11 is 2.90. The minimum atomic E-state index is -3.95. The molecular formula is C13H17BrF2N2O2S. The number of benzene rings is 1. The van der Waals surface area contributed by atoms with Crippen LogP contribution in [0.3, 0.4) is 0 Å². The molecule has 0 aliphatic carbocycles. The molecule has 1 aromatic rings. The van der Waals surface area contributed by atoms with Gasteiger partial charge in [0, 0.05) is 19.2 Å². The molecule has 1 saturated heterocycles. The highest BCUT2D eigenvalue weighted by molar-refractivity contribution is 9.10. The van der Waals surface area contributed by atoms with E-state index in [1.54, 1.807) is 0 Å². The quantitative estimate of drug-likeness (QED) is 0.813. The van der Waals surface area contributed by atoms with Gasteiger partial charge in [0.2, 0.25) is 10.0 Å². The van der Waals surface area contributed by atoms with E-state index in [0.29, 0.717) is 25.7 Å². The second-order valence-corrected chi connectivity index (χ2v) is 7.89. The van der Waals surface area contributed by atoms with E-state index in [4.69, 9.17) is 0 Å². The molecule has 1 aliphatic heterocycles. The molecule has 2 rings (SSSR count). The van der Waals surface area contributed by atoms with E-state index in [1.807, 2.05) is 7.05 Å². The molecule has 0 spiro atoms. The molecule has 0 bridgehead atoms. The first kappa shape index (κ1) is 16.8. The van der Waals surface area contributed by atoms with Crippen LogP contribution in [0.1, 0.15) is 12.8 Å². The lowest BCUT2D eigenvalue weighted by molar-refractivity contribution is 0.262. The normalized spacial score (nSPS) is 20.7. The van der Waals surface area contributed by atoms with Crippen LogP contribution in [-0.4, -0.2) is 39.4 Å². The summed E-state index contributed by atoms with van der Waals surface area (Å²) in [5.41, 5.74) is 0. The lowest BCUT2D eigenvalue weighted by Gasteiger charge is -2.32. The van der Waals surface area contributed by atoms with Crippen molar-refractivity contribution in [2.45, 2.75) is 17.7 Å². The fourth-order valence-corrected chi connectivity index (χ4v) is 4.66. The summed E-state index contributed by atoms with van der Waals surface area (Å²) in [7, 11) is -2.14. The van der Waals surface area contributed by atoms with Crippen LogP contribution in [0.15, 0.2) is 21.5 Å². The Kier molecular flexibility index (Phi) is 5.34. The average Bonchev–Trinajstić information content (AvgIpc) is 2.43. The van der Waals surface area contributed by atoms with Gasteiger partial charge < -0.3 is 5.32 Å². The Morgan fingerprint density at radius 2 is 2.10 bits per heavy atom. The maximum atomic E-state index is 13.8. The first-order valence-corrected chi connectivity index (χ1v) is 8.89. The number of halogens is 3. The van der Waals surface area contributed by atoms with Crippen molar-refractivity contribution in [3.05, 3.63) is 28.2 Å². The standard InChI is InChI=1S/C13H17BrF2N2O2S/c1-17-7-9-3-2-4-18(8-9)21(19,20)13-5-10(14)11(15)6-12(13)16/h5-6,9,17H,2-4,7-8H2,1H3. The summed E-state index contributed by atoms with van der Waals surface area (Å²) in [6.45, 7) is 1.41. The van der Waals surface area contributed by atoms with Crippen LogP contribution in [0.4, 0.5) is 8.78 Å². The van der Waals surface area contributed by atoms with Crippen molar-refractivity contribution >= 4 is 26.0 Å². The number of hydrogen-bond acceptors (Lipinski definition) is 3. The number of sulfonamides is 1. The van der Waals surface area contributed by atoms with E-state index in [2.05, 4.69) is 21.2 Å². The van der Waals surface area contributed by atoms with Crippen molar-refractivity contribution in [3.63, 3.8) is 0 Å². The Bertz CT molecular complexity index is 623. The summed E-state index contributed by atoms with van der Waals surface area (Å²) in [6, 6.07) is 1.58. The third-order valence-electron chi connectivity index (χ3n) is 3.57. The first-order valence-electron chi connectivity index (χ1n) is 6.65. The third kappa shape index (κ3) is 3.61. The monoisotopic (exact) mass is 382 g/mol. The molecule has 0 amide bonds. The molecular weight excluding hydrogens is 366 g/mol. The highest BCUT2D eigenvalue weighted by atomic mass is 79.9. The molecule has 0 aromatic heterocycles. The van der Waals surface area contributed by atoms with Gasteiger partial charge in [-0.1, -0.05) is 0 Å². The van der Waals surface area contributed by atoms with Gasteiger partial charge >= 0.3 is 0 Å². The minimum Gasteiger partial charge on any atom is -0.319 e. The number of nitrogens with one attached hydrogen (secondary N) is 1. The fraction of sp³-hybridized carbons (Fsp3) is 0.538. The minimum absolute atomic E-state index is 0.0636. The molecule has 8 heteroatoms. The maximum absolute atomic E-state index is 13.8. The Morgan fingerprint density at radius 1 is 1.38 bits per heavy atom. The largest absolute Gasteiger partial charge is 0.319 e.